The van der Waals surface area contributed by atoms with Crippen molar-refractivity contribution in [2.75, 3.05) is 7.11 Å². The second-order valence-electron chi connectivity index (χ2n) is 3.66. The first kappa shape index (κ1) is 15.5. The molecule has 92 valence electrons. The number of hydrogen-bond acceptors (Lipinski definition) is 4. The quantitative estimate of drug-likeness (QED) is 0.628. The first-order valence-electron chi connectivity index (χ1n) is 4.65. The fraction of sp³-hybridized carbons (Fsp3) is 1.00. The predicted molar refractivity (Wildman–Crippen MR) is 61.2 cm³/mol. The number of rotatable bonds is 6. The van der Waals surface area contributed by atoms with Crippen LogP contribution in [0.2, 0.25) is 0 Å². The van der Waals surface area contributed by atoms with Crippen LogP contribution in [0.3, 0.4) is 0 Å². The third-order valence-corrected chi connectivity index (χ3v) is 5.58. The van der Waals surface area contributed by atoms with Crippen molar-refractivity contribution in [3.63, 3.8) is 0 Å². The molecule has 0 aliphatic rings. The first-order chi connectivity index (χ1) is 6.74. The number of nitrogens with zero attached hydrogens (tertiary/aromatic N) is 1. The van der Waals surface area contributed by atoms with Crippen LogP contribution in [0.25, 0.3) is 0 Å². The summed E-state index contributed by atoms with van der Waals surface area (Å²) in [7, 11) is -4.54. The van der Waals surface area contributed by atoms with Crippen LogP contribution in [0.1, 0.15) is 27.7 Å². The standard InChI is InChI=1S/C7H20N2O4P2/c1-6(2)9(7(3)4)15(12,13-5)8-14(10)11/h6-7,10-11H,1-5H3,(H,8,12). The molecule has 0 aromatic heterocycles. The maximum Gasteiger partial charge on any atom is 0.350 e. The lowest BCUT2D eigenvalue weighted by molar-refractivity contribution is 0.238. The summed E-state index contributed by atoms with van der Waals surface area (Å²) in [6.45, 7) is 7.46. The zero-order chi connectivity index (χ0) is 12.2. The molecular weight excluding hydrogens is 238 g/mol. The Morgan fingerprint density at radius 2 is 1.67 bits per heavy atom. The van der Waals surface area contributed by atoms with E-state index in [1.807, 2.05) is 27.7 Å². The van der Waals surface area contributed by atoms with Gasteiger partial charge < -0.3 is 14.3 Å². The second kappa shape index (κ2) is 6.26. The van der Waals surface area contributed by atoms with E-state index in [0.717, 1.165) is 0 Å². The van der Waals surface area contributed by atoms with Gasteiger partial charge in [-0.05, 0) is 27.7 Å². The summed E-state index contributed by atoms with van der Waals surface area (Å²) in [4.78, 5) is 19.9. The molecule has 1 unspecified atom stereocenters. The summed E-state index contributed by atoms with van der Waals surface area (Å²) in [6, 6.07) is -0.0588. The lowest BCUT2D eigenvalue weighted by Crippen LogP contribution is -2.37. The van der Waals surface area contributed by atoms with Crippen molar-refractivity contribution in [1.82, 2.24) is 9.53 Å². The maximum atomic E-state index is 12.3. The molecule has 0 aromatic rings. The van der Waals surface area contributed by atoms with Crippen molar-refractivity contribution in [2.45, 2.75) is 39.8 Å². The van der Waals surface area contributed by atoms with Crippen LogP contribution in [-0.2, 0) is 9.09 Å². The van der Waals surface area contributed by atoms with Gasteiger partial charge in [0.2, 0.25) is 0 Å². The molecule has 1 atom stereocenters. The van der Waals surface area contributed by atoms with Gasteiger partial charge in [-0.25, -0.2) is 4.67 Å². The first-order valence-corrected chi connectivity index (χ1v) is 7.47. The Morgan fingerprint density at radius 3 is 1.87 bits per heavy atom. The molecule has 0 heterocycles. The molecule has 15 heavy (non-hydrogen) atoms. The van der Waals surface area contributed by atoms with E-state index in [1.165, 1.54) is 7.11 Å². The van der Waals surface area contributed by atoms with E-state index in [0.29, 0.717) is 0 Å². The van der Waals surface area contributed by atoms with Gasteiger partial charge in [-0.2, -0.15) is 4.86 Å². The van der Waals surface area contributed by atoms with Crippen molar-refractivity contribution < 1.29 is 18.9 Å². The highest BCUT2D eigenvalue weighted by Crippen LogP contribution is 2.53. The average molecular weight is 258 g/mol. The zero-order valence-corrected chi connectivity index (χ0v) is 11.5. The normalized spacial score (nSPS) is 16.7. The smallest absolute Gasteiger partial charge is 0.338 e. The van der Waals surface area contributed by atoms with Crippen LogP contribution in [0.5, 0.6) is 0 Å². The Hall–Kier alpha value is 0.460. The van der Waals surface area contributed by atoms with Gasteiger partial charge in [-0.15, -0.1) is 0 Å². The topological polar surface area (TPSA) is 82.0 Å². The van der Waals surface area contributed by atoms with Crippen molar-refractivity contribution in [3.05, 3.63) is 0 Å². The average Bonchev–Trinajstić information content (AvgIpc) is 2.00. The van der Waals surface area contributed by atoms with E-state index in [2.05, 4.69) is 4.86 Å². The molecule has 0 spiro atoms. The van der Waals surface area contributed by atoms with Gasteiger partial charge in [-0.3, -0.25) is 4.57 Å². The van der Waals surface area contributed by atoms with Crippen molar-refractivity contribution in [2.24, 2.45) is 0 Å². The summed E-state index contributed by atoms with van der Waals surface area (Å²) >= 11 is 0. The van der Waals surface area contributed by atoms with E-state index >= 15 is 0 Å². The van der Waals surface area contributed by atoms with Crippen LogP contribution in [0, 0.1) is 0 Å². The Kier molecular flexibility index (Phi) is 6.45. The van der Waals surface area contributed by atoms with Gasteiger partial charge in [0, 0.05) is 19.2 Å². The fourth-order valence-corrected chi connectivity index (χ4v) is 4.55. The summed E-state index contributed by atoms with van der Waals surface area (Å²) < 4.78 is 18.8. The van der Waals surface area contributed by atoms with E-state index in [-0.39, 0.29) is 12.1 Å². The molecule has 0 bridgehead atoms. The molecule has 6 nitrogen and oxygen atoms in total. The van der Waals surface area contributed by atoms with Crippen LogP contribution < -0.4 is 4.86 Å². The SMILES string of the molecule is COP(=O)(NP(O)O)N(C(C)C)C(C)C. The third kappa shape index (κ3) is 4.45. The lowest BCUT2D eigenvalue weighted by atomic mass is 10.3. The lowest BCUT2D eigenvalue weighted by Gasteiger charge is -2.36. The van der Waals surface area contributed by atoms with E-state index < -0.39 is 16.2 Å². The summed E-state index contributed by atoms with van der Waals surface area (Å²) in [5.74, 6) is 0. The van der Waals surface area contributed by atoms with E-state index in [1.54, 1.807) is 4.67 Å². The van der Waals surface area contributed by atoms with Gasteiger partial charge in [-0.1, -0.05) is 0 Å². The monoisotopic (exact) mass is 258 g/mol. The molecule has 0 saturated heterocycles. The van der Waals surface area contributed by atoms with Crippen LogP contribution in [0.4, 0.5) is 0 Å². The van der Waals surface area contributed by atoms with E-state index in [4.69, 9.17) is 14.3 Å². The highest BCUT2D eigenvalue weighted by Gasteiger charge is 2.36. The minimum Gasteiger partial charge on any atom is -0.338 e. The minimum absolute atomic E-state index is 0.0294. The van der Waals surface area contributed by atoms with Crippen LogP contribution in [0.15, 0.2) is 0 Å². The molecule has 0 aliphatic heterocycles. The maximum absolute atomic E-state index is 12.3. The molecule has 0 rings (SSSR count). The molecule has 3 N–H and O–H groups in total. The Morgan fingerprint density at radius 1 is 1.27 bits per heavy atom. The molecular formula is C7H20N2O4P2. The third-order valence-electron chi connectivity index (χ3n) is 1.83. The molecule has 8 heteroatoms. The number of hydrogen-bond donors (Lipinski definition) is 3. The Labute approximate surface area is 92.2 Å². The predicted octanol–water partition coefficient (Wildman–Crippen LogP) is 1.66. The number of nitrogens with one attached hydrogen (secondary N) is 1. The molecule has 0 fully saturated rings. The summed E-state index contributed by atoms with van der Waals surface area (Å²) in [5.41, 5.74) is 0. The molecule has 0 amide bonds. The van der Waals surface area contributed by atoms with Crippen molar-refractivity contribution in [3.8, 4) is 0 Å². The van der Waals surface area contributed by atoms with Crippen molar-refractivity contribution >= 4 is 16.2 Å². The Bertz CT molecular complexity index is 227. The zero-order valence-electron chi connectivity index (χ0n) is 9.71. The van der Waals surface area contributed by atoms with Crippen LogP contribution in [-0.4, -0.2) is 33.7 Å². The van der Waals surface area contributed by atoms with Crippen molar-refractivity contribution in [1.29, 1.82) is 0 Å². The van der Waals surface area contributed by atoms with Gasteiger partial charge in [0.05, 0.1) is 0 Å². The van der Waals surface area contributed by atoms with Gasteiger partial charge in [0.15, 0.2) is 0 Å². The molecule has 0 aromatic carbocycles. The van der Waals surface area contributed by atoms with Gasteiger partial charge >= 0.3 is 7.67 Å². The molecule has 0 radical (unpaired) electrons. The molecule has 0 saturated carbocycles. The highest BCUT2D eigenvalue weighted by atomic mass is 31.2. The molecule has 0 aliphatic carbocycles. The van der Waals surface area contributed by atoms with Gasteiger partial charge in [0.25, 0.3) is 8.53 Å². The largest absolute Gasteiger partial charge is 0.350 e. The summed E-state index contributed by atoms with van der Waals surface area (Å²) in [6.07, 6.45) is 0. The van der Waals surface area contributed by atoms with Crippen LogP contribution >= 0.6 is 16.2 Å². The highest BCUT2D eigenvalue weighted by molar-refractivity contribution is 7.65. The fourth-order valence-electron chi connectivity index (χ4n) is 1.50. The second-order valence-corrected chi connectivity index (χ2v) is 6.91. The Balaban J connectivity index is 4.95. The minimum atomic E-state index is -3.37. The summed E-state index contributed by atoms with van der Waals surface area (Å²) in [5, 5.41) is 0. The van der Waals surface area contributed by atoms with E-state index in [9.17, 15) is 4.57 Å². The van der Waals surface area contributed by atoms with Gasteiger partial charge in [0.1, 0.15) is 0 Å².